The smallest absolute Gasteiger partial charge is 0.226 e. The van der Waals surface area contributed by atoms with Gasteiger partial charge >= 0.3 is 0 Å². The molecule has 3 heteroatoms. The minimum Gasteiger partial charge on any atom is -0.353 e. The van der Waals surface area contributed by atoms with Crippen LogP contribution in [0.15, 0.2) is 0 Å². The fraction of sp³-hybridized carbons (Fsp3) is 0.917. The monoisotopic (exact) mass is 231 g/mol. The van der Waals surface area contributed by atoms with Crippen molar-refractivity contribution in [3.63, 3.8) is 0 Å². The van der Waals surface area contributed by atoms with E-state index in [2.05, 4.69) is 19.2 Å². The standard InChI is InChI=1S/C12H22ClNO/c1-3-10(6-9-13)14-11(15)12(2)7-4-5-8-12/h10H,3-9H2,1-2H3,(H,14,15). The molecule has 0 spiro atoms. The Bertz CT molecular complexity index is 212. The number of alkyl halides is 1. The fourth-order valence-corrected chi connectivity index (χ4v) is 2.52. The Morgan fingerprint density at radius 3 is 2.53 bits per heavy atom. The number of rotatable bonds is 5. The molecule has 0 radical (unpaired) electrons. The second-order valence-corrected chi connectivity index (χ2v) is 5.20. The number of hydrogen-bond donors (Lipinski definition) is 1. The molecular weight excluding hydrogens is 210 g/mol. The van der Waals surface area contributed by atoms with E-state index in [4.69, 9.17) is 11.6 Å². The molecule has 1 aliphatic carbocycles. The number of halogens is 1. The Labute approximate surface area is 97.8 Å². The molecule has 2 nitrogen and oxygen atoms in total. The van der Waals surface area contributed by atoms with Gasteiger partial charge in [0.05, 0.1) is 0 Å². The normalized spacial score (nSPS) is 21.3. The van der Waals surface area contributed by atoms with Crippen molar-refractivity contribution in [1.29, 1.82) is 0 Å². The highest BCUT2D eigenvalue weighted by atomic mass is 35.5. The lowest BCUT2D eigenvalue weighted by Crippen LogP contribution is -2.43. The van der Waals surface area contributed by atoms with E-state index in [1.807, 2.05) is 0 Å². The number of carbonyl (C=O) groups is 1. The van der Waals surface area contributed by atoms with Gasteiger partial charge in [-0.2, -0.15) is 0 Å². The van der Waals surface area contributed by atoms with E-state index in [9.17, 15) is 4.79 Å². The summed E-state index contributed by atoms with van der Waals surface area (Å²) in [7, 11) is 0. The predicted octanol–water partition coefficient (Wildman–Crippen LogP) is 3.09. The van der Waals surface area contributed by atoms with Gasteiger partial charge in [-0.05, 0) is 25.7 Å². The lowest BCUT2D eigenvalue weighted by Gasteiger charge is -2.26. The first-order valence-corrected chi connectivity index (χ1v) is 6.53. The van der Waals surface area contributed by atoms with Crippen molar-refractivity contribution in [2.75, 3.05) is 5.88 Å². The number of hydrogen-bond acceptors (Lipinski definition) is 1. The van der Waals surface area contributed by atoms with Gasteiger partial charge in [0.2, 0.25) is 5.91 Å². The third-order valence-corrected chi connectivity index (χ3v) is 3.76. The molecule has 0 aromatic carbocycles. The molecule has 1 saturated carbocycles. The maximum atomic E-state index is 12.1. The van der Waals surface area contributed by atoms with E-state index in [-0.39, 0.29) is 17.4 Å². The van der Waals surface area contributed by atoms with Crippen molar-refractivity contribution in [3.8, 4) is 0 Å². The van der Waals surface area contributed by atoms with Crippen molar-refractivity contribution in [1.82, 2.24) is 5.32 Å². The first-order chi connectivity index (χ1) is 7.12. The molecule has 1 N–H and O–H groups in total. The largest absolute Gasteiger partial charge is 0.353 e. The van der Waals surface area contributed by atoms with E-state index in [0.29, 0.717) is 5.88 Å². The van der Waals surface area contributed by atoms with Gasteiger partial charge in [0.15, 0.2) is 0 Å². The fourth-order valence-electron chi connectivity index (χ4n) is 2.25. The van der Waals surface area contributed by atoms with Crippen LogP contribution in [0.2, 0.25) is 0 Å². The molecule has 0 aromatic rings. The first-order valence-electron chi connectivity index (χ1n) is 5.99. The average Bonchev–Trinajstić information content (AvgIpc) is 2.65. The third kappa shape index (κ3) is 3.37. The minimum atomic E-state index is -0.111. The van der Waals surface area contributed by atoms with Crippen molar-refractivity contribution < 1.29 is 4.79 Å². The molecule has 88 valence electrons. The summed E-state index contributed by atoms with van der Waals surface area (Å²) in [6.07, 6.45) is 6.30. The molecular formula is C12H22ClNO. The van der Waals surface area contributed by atoms with Crippen LogP contribution in [0.4, 0.5) is 0 Å². The number of amides is 1. The van der Waals surface area contributed by atoms with E-state index < -0.39 is 0 Å². The highest BCUT2D eigenvalue weighted by Gasteiger charge is 2.36. The zero-order chi connectivity index (χ0) is 11.3. The summed E-state index contributed by atoms with van der Waals surface area (Å²) in [5.41, 5.74) is -0.111. The summed E-state index contributed by atoms with van der Waals surface area (Å²) in [6, 6.07) is 0.257. The van der Waals surface area contributed by atoms with Crippen LogP contribution < -0.4 is 5.32 Å². The summed E-state index contributed by atoms with van der Waals surface area (Å²) in [5.74, 6) is 0.854. The Morgan fingerprint density at radius 1 is 1.47 bits per heavy atom. The Hall–Kier alpha value is -0.240. The molecule has 0 aromatic heterocycles. The SMILES string of the molecule is CCC(CCCl)NC(=O)C1(C)CCCC1. The summed E-state index contributed by atoms with van der Waals surface area (Å²) in [5, 5.41) is 3.13. The molecule has 15 heavy (non-hydrogen) atoms. The Morgan fingerprint density at radius 2 is 2.07 bits per heavy atom. The Kier molecular flexibility index (Phi) is 4.91. The average molecular weight is 232 g/mol. The van der Waals surface area contributed by atoms with Gasteiger partial charge in [0, 0.05) is 17.3 Å². The van der Waals surface area contributed by atoms with E-state index in [1.165, 1.54) is 12.8 Å². The molecule has 0 heterocycles. The van der Waals surface area contributed by atoms with Gasteiger partial charge in [0.1, 0.15) is 0 Å². The number of nitrogens with one attached hydrogen (secondary N) is 1. The zero-order valence-electron chi connectivity index (χ0n) is 9.81. The predicted molar refractivity (Wildman–Crippen MR) is 64.1 cm³/mol. The molecule has 1 unspecified atom stereocenters. The maximum Gasteiger partial charge on any atom is 0.226 e. The van der Waals surface area contributed by atoms with Crippen molar-refractivity contribution in [3.05, 3.63) is 0 Å². The molecule has 1 atom stereocenters. The molecule has 1 fully saturated rings. The highest BCUT2D eigenvalue weighted by molar-refractivity contribution is 6.17. The lowest BCUT2D eigenvalue weighted by molar-refractivity contribution is -0.130. The van der Waals surface area contributed by atoms with Crippen LogP contribution in [0.1, 0.15) is 52.4 Å². The molecule has 0 saturated heterocycles. The van der Waals surface area contributed by atoms with Crippen LogP contribution >= 0.6 is 11.6 Å². The molecule has 1 amide bonds. The van der Waals surface area contributed by atoms with Crippen LogP contribution in [0.5, 0.6) is 0 Å². The van der Waals surface area contributed by atoms with Gasteiger partial charge in [-0.15, -0.1) is 11.6 Å². The van der Waals surface area contributed by atoms with Crippen LogP contribution in [0, 0.1) is 5.41 Å². The molecule has 0 aliphatic heterocycles. The van der Waals surface area contributed by atoms with Gasteiger partial charge < -0.3 is 5.32 Å². The second-order valence-electron chi connectivity index (χ2n) is 4.82. The third-order valence-electron chi connectivity index (χ3n) is 3.54. The van der Waals surface area contributed by atoms with Crippen LogP contribution in [0.25, 0.3) is 0 Å². The summed E-state index contributed by atoms with van der Waals surface area (Å²) in [6.45, 7) is 4.18. The van der Waals surface area contributed by atoms with Crippen LogP contribution in [-0.2, 0) is 4.79 Å². The van der Waals surface area contributed by atoms with E-state index in [0.717, 1.165) is 25.7 Å². The zero-order valence-corrected chi connectivity index (χ0v) is 10.6. The van der Waals surface area contributed by atoms with E-state index >= 15 is 0 Å². The van der Waals surface area contributed by atoms with E-state index in [1.54, 1.807) is 0 Å². The summed E-state index contributed by atoms with van der Waals surface area (Å²) < 4.78 is 0. The summed E-state index contributed by atoms with van der Waals surface area (Å²) in [4.78, 5) is 12.1. The topological polar surface area (TPSA) is 29.1 Å². The minimum absolute atomic E-state index is 0.111. The molecule has 1 rings (SSSR count). The number of carbonyl (C=O) groups excluding carboxylic acids is 1. The lowest BCUT2D eigenvalue weighted by atomic mass is 9.87. The first kappa shape index (κ1) is 12.8. The van der Waals surface area contributed by atoms with Crippen LogP contribution in [0.3, 0.4) is 0 Å². The van der Waals surface area contributed by atoms with Crippen LogP contribution in [-0.4, -0.2) is 17.8 Å². The van der Waals surface area contributed by atoms with Gasteiger partial charge in [-0.25, -0.2) is 0 Å². The quantitative estimate of drug-likeness (QED) is 0.724. The maximum absolute atomic E-state index is 12.1. The second kappa shape index (κ2) is 5.74. The van der Waals surface area contributed by atoms with Crippen molar-refractivity contribution in [2.24, 2.45) is 5.41 Å². The summed E-state index contributed by atoms with van der Waals surface area (Å²) >= 11 is 5.70. The molecule has 1 aliphatic rings. The van der Waals surface area contributed by atoms with Crippen molar-refractivity contribution in [2.45, 2.75) is 58.4 Å². The highest BCUT2D eigenvalue weighted by Crippen LogP contribution is 2.37. The molecule has 0 bridgehead atoms. The van der Waals surface area contributed by atoms with Gasteiger partial charge in [0.25, 0.3) is 0 Å². The van der Waals surface area contributed by atoms with Gasteiger partial charge in [-0.1, -0.05) is 26.7 Å². The Balaban J connectivity index is 2.45. The van der Waals surface area contributed by atoms with Crippen molar-refractivity contribution >= 4 is 17.5 Å². The van der Waals surface area contributed by atoms with Gasteiger partial charge in [-0.3, -0.25) is 4.79 Å².